The number of carbonyl (C=O) groups excluding carboxylic acids is 5. The van der Waals surface area contributed by atoms with Gasteiger partial charge in [0.05, 0.1) is 22.9 Å². The van der Waals surface area contributed by atoms with Crippen molar-refractivity contribution in [1.82, 2.24) is 10.2 Å². The molecule has 1 aromatic carbocycles. The maximum absolute atomic E-state index is 13.0. The van der Waals surface area contributed by atoms with Crippen LogP contribution in [0.1, 0.15) is 128 Å². The van der Waals surface area contributed by atoms with E-state index in [1.807, 2.05) is 0 Å². The standard InChI is InChI=1S/C32H48ClN3O6/c1-5-6-7-8-9-10-11-12-13-14-15-16-17-18-21-42-29(39)24-19-20-25(33)26(22-24)34-28(38)27(23(2)37)36-30(40)32(3,4)35-31(36)41/h19-20,22,27H,5-18,21H2,1-4H3,(H,34,38)(H,35,41). The minimum Gasteiger partial charge on any atom is -0.462 e. The SMILES string of the molecule is CCCCCCCCCCCCCCCCOC(=O)c1ccc(Cl)c(NC(=O)C(C(C)=O)N2C(=O)NC(C)(C)C2=O)c1. The summed E-state index contributed by atoms with van der Waals surface area (Å²) in [4.78, 5) is 63.6. The Kier molecular flexibility index (Phi) is 15.0. The van der Waals surface area contributed by atoms with Crippen LogP contribution in [0.2, 0.25) is 5.02 Å². The van der Waals surface area contributed by atoms with Gasteiger partial charge in [0.1, 0.15) is 5.54 Å². The fourth-order valence-electron chi connectivity index (χ4n) is 4.99. The van der Waals surface area contributed by atoms with Crippen LogP contribution in [0, 0.1) is 0 Å². The third-order valence-corrected chi connectivity index (χ3v) is 7.80. The number of halogens is 1. The molecule has 234 valence electrons. The van der Waals surface area contributed by atoms with Gasteiger partial charge in [-0.25, -0.2) is 14.5 Å². The van der Waals surface area contributed by atoms with Gasteiger partial charge in [-0.15, -0.1) is 0 Å². The minimum atomic E-state index is -1.69. The van der Waals surface area contributed by atoms with E-state index in [0.29, 0.717) is 4.90 Å². The number of unbranched alkanes of at least 4 members (excludes halogenated alkanes) is 13. The first-order chi connectivity index (χ1) is 20.0. The Morgan fingerprint density at radius 3 is 1.90 bits per heavy atom. The molecule has 0 saturated carbocycles. The molecule has 2 rings (SSSR count). The number of benzene rings is 1. The average Bonchev–Trinajstić information content (AvgIpc) is 3.13. The van der Waals surface area contributed by atoms with Crippen molar-refractivity contribution in [2.45, 2.75) is 129 Å². The van der Waals surface area contributed by atoms with E-state index < -0.39 is 41.2 Å². The zero-order valence-electron chi connectivity index (χ0n) is 25.7. The zero-order chi connectivity index (χ0) is 31.1. The van der Waals surface area contributed by atoms with Crippen LogP contribution in [-0.2, 0) is 19.1 Å². The minimum absolute atomic E-state index is 0.0603. The molecular weight excluding hydrogens is 558 g/mol. The fourth-order valence-corrected chi connectivity index (χ4v) is 5.15. The van der Waals surface area contributed by atoms with Crippen molar-refractivity contribution in [2.75, 3.05) is 11.9 Å². The van der Waals surface area contributed by atoms with Crippen molar-refractivity contribution in [3.8, 4) is 0 Å². The van der Waals surface area contributed by atoms with Gasteiger partial charge >= 0.3 is 12.0 Å². The van der Waals surface area contributed by atoms with E-state index in [4.69, 9.17) is 16.3 Å². The normalized spacial score (nSPS) is 14.9. The van der Waals surface area contributed by atoms with Gasteiger partial charge in [0.2, 0.25) is 0 Å². The lowest BCUT2D eigenvalue weighted by Gasteiger charge is -2.23. The predicted molar refractivity (Wildman–Crippen MR) is 165 cm³/mol. The molecular formula is C32H48ClN3O6. The number of carbonyl (C=O) groups is 5. The van der Waals surface area contributed by atoms with Gasteiger partial charge < -0.3 is 15.4 Å². The van der Waals surface area contributed by atoms with E-state index in [-0.39, 0.29) is 22.9 Å². The molecule has 1 unspecified atom stereocenters. The van der Waals surface area contributed by atoms with Crippen molar-refractivity contribution in [1.29, 1.82) is 0 Å². The summed E-state index contributed by atoms with van der Waals surface area (Å²) in [6.45, 7) is 6.60. The maximum atomic E-state index is 13.0. The lowest BCUT2D eigenvalue weighted by Crippen LogP contribution is -2.52. The van der Waals surface area contributed by atoms with Gasteiger partial charge in [-0.2, -0.15) is 0 Å². The van der Waals surface area contributed by atoms with Gasteiger partial charge in [0.25, 0.3) is 11.8 Å². The summed E-state index contributed by atoms with van der Waals surface area (Å²) in [7, 11) is 0. The Hall–Kier alpha value is -2.94. The Morgan fingerprint density at radius 2 is 1.43 bits per heavy atom. The van der Waals surface area contributed by atoms with Gasteiger partial charge in [-0.3, -0.25) is 14.4 Å². The van der Waals surface area contributed by atoms with Crippen LogP contribution in [0.4, 0.5) is 10.5 Å². The van der Waals surface area contributed by atoms with Crippen LogP contribution in [0.5, 0.6) is 0 Å². The third-order valence-electron chi connectivity index (χ3n) is 7.47. The molecule has 1 aliphatic rings. The molecule has 10 heteroatoms. The van der Waals surface area contributed by atoms with E-state index in [1.165, 1.54) is 103 Å². The molecule has 9 nitrogen and oxygen atoms in total. The molecule has 1 atom stereocenters. The van der Waals surface area contributed by atoms with Gasteiger partial charge in [0, 0.05) is 0 Å². The van der Waals surface area contributed by atoms with Crippen LogP contribution < -0.4 is 10.6 Å². The number of nitrogens with zero attached hydrogens (tertiary/aromatic N) is 1. The number of anilines is 1. The second-order valence-corrected chi connectivity index (χ2v) is 12.1. The van der Waals surface area contributed by atoms with E-state index in [2.05, 4.69) is 17.6 Å². The summed E-state index contributed by atoms with van der Waals surface area (Å²) in [5, 5.41) is 5.05. The Bertz CT molecular complexity index is 1090. The molecule has 0 bridgehead atoms. The number of rotatable bonds is 20. The van der Waals surface area contributed by atoms with Gasteiger partial charge in [0.15, 0.2) is 11.8 Å². The molecule has 0 aromatic heterocycles. The summed E-state index contributed by atoms with van der Waals surface area (Å²) >= 11 is 6.23. The molecule has 1 saturated heterocycles. The van der Waals surface area contributed by atoms with Crippen molar-refractivity contribution < 1.29 is 28.7 Å². The molecule has 0 spiro atoms. The quantitative estimate of drug-likeness (QED) is 0.0701. The van der Waals surface area contributed by atoms with Crippen LogP contribution in [0.3, 0.4) is 0 Å². The van der Waals surface area contributed by atoms with E-state index >= 15 is 0 Å². The smallest absolute Gasteiger partial charge is 0.338 e. The number of amides is 4. The second-order valence-electron chi connectivity index (χ2n) is 11.7. The first-order valence-corrected chi connectivity index (χ1v) is 15.8. The maximum Gasteiger partial charge on any atom is 0.338 e. The summed E-state index contributed by atoms with van der Waals surface area (Å²) < 4.78 is 5.40. The topological polar surface area (TPSA) is 122 Å². The lowest BCUT2D eigenvalue weighted by atomic mass is 10.0. The van der Waals surface area contributed by atoms with E-state index in [0.717, 1.165) is 26.2 Å². The molecule has 1 aliphatic heterocycles. The first kappa shape index (κ1) is 35.3. The van der Waals surface area contributed by atoms with Crippen LogP contribution in [-0.4, -0.2) is 52.7 Å². The zero-order valence-corrected chi connectivity index (χ0v) is 26.4. The Morgan fingerprint density at radius 1 is 0.905 bits per heavy atom. The first-order valence-electron chi connectivity index (χ1n) is 15.4. The predicted octanol–water partition coefficient (Wildman–Crippen LogP) is 7.20. The van der Waals surface area contributed by atoms with E-state index in [1.54, 1.807) is 0 Å². The molecule has 0 aliphatic carbocycles. The number of imide groups is 1. The van der Waals surface area contributed by atoms with Crippen molar-refractivity contribution in [3.05, 3.63) is 28.8 Å². The van der Waals surface area contributed by atoms with Gasteiger partial charge in [-0.05, 0) is 45.4 Å². The monoisotopic (exact) mass is 605 g/mol. The molecule has 0 radical (unpaired) electrons. The number of esters is 1. The number of nitrogens with one attached hydrogen (secondary N) is 2. The number of hydrogen-bond acceptors (Lipinski definition) is 6. The van der Waals surface area contributed by atoms with Crippen LogP contribution >= 0.6 is 11.6 Å². The lowest BCUT2D eigenvalue weighted by molar-refractivity contribution is -0.141. The molecule has 2 N–H and O–H groups in total. The number of hydrogen-bond donors (Lipinski definition) is 2. The summed E-state index contributed by atoms with van der Waals surface area (Å²) in [5.74, 6) is -2.88. The number of Topliss-reactive ketones (excluding diaryl/α,β-unsaturated/α-hetero) is 1. The van der Waals surface area contributed by atoms with Crippen molar-refractivity contribution in [2.24, 2.45) is 0 Å². The molecule has 1 heterocycles. The van der Waals surface area contributed by atoms with E-state index in [9.17, 15) is 24.0 Å². The molecule has 4 amide bonds. The highest BCUT2D eigenvalue weighted by molar-refractivity contribution is 6.34. The highest BCUT2D eigenvalue weighted by atomic mass is 35.5. The fraction of sp³-hybridized carbons (Fsp3) is 0.656. The van der Waals surface area contributed by atoms with Gasteiger partial charge in [-0.1, -0.05) is 102 Å². The third kappa shape index (κ3) is 11.0. The summed E-state index contributed by atoms with van der Waals surface area (Å²) in [6, 6.07) is 1.73. The number of urea groups is 1. The van der Waals surface area contributed by atoms with Crippen molar-refractivity contribution >= 4 is 46.9 Å². The Balaban J connectivity index is 1.73. The molecule has 42 heavy (non-hydrogen) atoms. The van der Waals surface area contributed by atoms with Crippen molar-refractivity contribution in [3.63, 3.8) is 0 Å². The average molecular weight is 606 g/mol. The number of ketones is 1. The molecule has 1 fully saturated rings. The Labute approximate surface area is 255 Å². The summed E-state index contributed by atoms with van der Waals surface area (Å²) in [6.07, 6.45) is 17.3. The number of ether oxygens (including phenoxy) is 1. The summed E-state index contributed by atoms with van der Waals surface area (Å²) in [5.41, 5.74) is -1.01. The van der Waals surface area contributed by atoms with Crippen LogP contribution in [0.15, 0.2) is 18.2 Å². The molecule has 1 aromatic rings. The highest BCUT2D eigenvalue weighted by Crippen LogP contribution is 2.26. The largest absolute Gasteiger partial charge is 0.462 e. The highest BCUT2D eigenvalue weighted by Gasteiger charge is 2.50. The second kappa shape index (κ2) is 17.9. The van der Waals surface area contributed by atoms with Crippen LogP contribution in [0.25, 0.3) is 0 Å².